The Morgan fingerprint density at radius 1 is 0.700 bits per heavy atom. The van der Waals surface area contributed by atoms with Crippen LogP contribution in [0.5, 0.6) is 0 Å². The molecule has 4 nitrogen and oxygen atoms in total. The summed E-state index contributed by atoms with van der Waals surface area (Å²) in [6.07, 6.45) is 0. The van der Waals surface area contributed by atoms with E-state index >= 15 is 0 Å². The Morgan fingerprint density at radius 2 is 1.10 bits per heavy atom. The molecule has 0 aliphatic carbocycles. The zero-order valence-corrected chi connectivity index (χ0v) is 10.0. The molecule has 6 heteroatoms. The van der Waals surface area contributed by atoms with Crippen molar-refractivity contribution in [2.24, 2.45) is 0 Å². The highest BCUT2D eigenvalue weighted by Gasteiger charge is 2.22. The second-order valence-electron chi connectivity index (χ2n) is 4.29. The van der Waals surface area contributed by atoms with Gasteiger partial charge in [0, 0.05) is 0 Å². The van der Waals surface area contributed by atoms with E-state index in [0.29, 0.717) is 0 Å². The van der Waals surface area contributed by atoms with Crippen LogP contribution in [0.15, 0.2) is 36.4 Å². The molecule has 1 aliphatic heterocycles. The number of halogens is 2. The molecule has 0 atom stereocenters. The normalized spacial score (nSPS) is 13.5. The van der Waals surface area contributed by atoms with Crippen molar-refractivity contribution in [3.05, 3.63) is 59.2 Å². The van der Waals surface area contributed by atoms with Crippen LogP contribution in [0.4, 0.5) is 20.2 Å². The second kappa shape index (κ2) is 4.41. The van der Waals surface area contributed by atoms with Crippen molar-refractivity contribution in [1.29, 1.82) is 0 Å². The molecule has 0 radical (unpaired) electrons. The van der Waals surface area contributed by atoms with Gasteiger partial charge in [0.15, 0.2) is 0 Å². The first-order valence-electron chi connectivity index (χ1n) is 5.76. The number of carbonyl (C=O) groups is 2. The number of anilines is 2. The average molecular weight is 274 g/mol. The van der Waals surface area contributed by atoms with Crippen LogP contribution in [0.25, 0.3) is 0 Å². The van der Waals surface area contributed by atoms with E-state index in [-0.39, 0.29) is 22.5 Å². The summed E-state index contributed by atoms with van der Waals surface area (Å²) >= 11 is 0. The van der Waals surface area contributed by atoms with Crippen molar-refractivity contribution < 1.29 is 18.4 Å². The minimum absolute atomic E-state index is 0.00771. The van der Waals surface area contributed by atoms with E-state index in [1.165, 1.54) is 12.1 Å². The third-order valence-electron chi connectivity index (χ3n) is 2.95. The monoisotopic (exact) mass is 274 g/mol. The molecular weight excluding hydrogens is 266 g/mol. The molecule has 0 saturated carbocycles. The number of fused-ring (bicyclic) bond motifs is 2. The van der Waals surface area contributed by atoms with Crippen molar-refractivity contribution in [2.75, 3.05) is 10.6 Å². The molecule has 20 heavy (non-hydrogen) atoms. The predicted molar refractivity (Wildman–Crippen MR) is 68.7 cm³/mol. The van der Waals surface area contributed by atoms with Gasteiger partial charge in [0.2, 0.25) is 0 Å². The molecule has 2 aromatic rings. The lowest BCUT2D eigenvalue weighted by Crippen LogP contribution is -2.24. The van der Waals surface area contributed by atoms with Crippen molar-refractivity contribution in [3.8, 4) is 0 Å². The maximum Gasteiger partial charge on any atom is 0.257 e. The van der Waals surface area contributed by atoms with Crippen molar-refractivity contribution in [2.45, 2.75) is 0 Å². The van der Waals surface area contributed by atoms with Crippen LogP contribution in [-0.2, 0) is 0 Å². The summed E-state index contributed by atoms with van der Waals surface area (Å²) in [5, 5.41) is 4.94. The molecule has 100 valence electrons. The quantitative estimate of drug-likeness (QED) is 0.776. The fourth-order valence-corrected chi connectivity index (χ4v) is 2.01. The third-order valence-corrected chi connectivity index (χ3v) is 2.95. The Bertz CT molecular complexity index is 680. The summed E-state index contributed by atoms with van der Waals surface area (Å²) in [5.41, 5.74) is 0.356. The number of amides is 2. The van der Waals surface area contributed by atoms with Gasteiger partial charge in [-0.15, -0.1) is 0 Å². The van der Waals surface area contributed by atoms with Gasteiger partial charge in [-0.25, -0.2) is 8.78 Å². The van der Waals surface area contributed by atoms with Crippen LogP contribution in [0, 0.1) is 11.6 Å². The summed E-state index contributed by atoms with van der Waals surface area (Å²) < 4.78 is 26.4. The summed E-state index contributed by atoms with van der Waals surface area (Å²) in [6.45, 7) is 0. The average Bonchev–Trinajstić information content (AvgIpc) is 2.41. The first kappa shape index (κ1) is 12.3. The van der Waals surface area contributed by atoms with Gasteiger partial charge in [0.05, 0.1) is 22.5 Å². The topological polar surface area (TPSA) is 58.2 Å². The van der Waals surface area contributed by atoms with Crippen LogP contribution in [0.3, 0.4) is 0 Å². The number of benzene rings is 2. The molecule has 0 fully saturated rings. The number of carbonyl (C=O) groups excluding carboxylic acids is 2. The zero-order chi connectivity index (χ0) is 14.3. The highest BCUT2D eigenvalue weighted by Crippen LogP contribution is 2.26. The molecule has 1 aliphatic rings. The molecule has 3 rings (SSSR count). The molecule has 2 aromatic carbocycles. The maximum atomic E-state index is 13.2. The smallest absolute Gasteiger partial charge is 0.257 e. The van der Waals surface area contributed by atoms with Gasteiger partial charge >= 0.3 is 0 Å². The van der Waals surface area contributed by atoms with Gasteiger partial charge < -0.3 is 10.6 Å². The number of nitrogens with one attached hydrogen (secondary N) is 2. The molecular formula is C14H8F2N2O2. The van der Waals surface area contributed by atoms with Gasteiger partial charge in [0.25, 0.3) is 11.8 Å². The molecule has 0 saturated heterocycles. The van der Waals surface area contributed by atoms with Crippen LogP contribution in [0.1, 0.15) is 20.7 Å². The minimum atomic E-state index is -0.590. The Kier molecular flexibility index (Phi) is 2.71. The molecule has 0 bridgehead atoms. The summed E-state index contributed by atoms with van der Waals surface area (Å²) in [4.78, 5) is 24.1. The molecule has 1 heterocycles. The van der Waals surface area contributed by atoms with Gasteiger partial charge in [-0.05, 0) is 36.4 Å². The van der Waals surface area contributed by atoms with Crippen molar-refractivity contribution in [1.82, 2.24) is 0 Å². The fraction of sp³-hybridized carbons (Fsp3) is 0. The molecule has 0 spiro atoms. The van der Waals surface area contributed by atoms with Gasteiger partial charge in [-0.1, -0.05) is 0 Å². The Labute approximate surface area is 112 Å². The van der Waals surface area contributed by atoms with Crippen LogP contribution < -0.4 is 10.6 Å². The van der Waals surface area contributed by atoms with Crippen molar-refractivity contribution >= 4 is 23.2 Å². The number of hydrogen-bond acceptors (Lipinski definition) is 2. The molecule has 0 aromatic heterocycles. The van der Waals surface area contributed by atoms with E-state index in [0.717, 1.165) is 24.3 Å². The lowest BCUT2D eigenvalue weighted by Gasteiger charge is -2.18. The Balaban J connectivity index is 2.15. The lowest BCUT2D eigenvalue weighted by molar-refractivity contribution is 0.102. The van der Waals surface area contributed by atoms with Crippen molar-refractivity contribution in [3.63, 3.8) is 0 Å². The maximum absolute atomic E-state index is 13.2. The fourth-order valence-electron chi connectivity index (χ4n) is 2.01. The van der Waals surface area contributed by atoms with E-state index in [1.807, 2.05) is 0 Å². The predicted octanol–water partition coefficient (Wildman–Crippen LogP) is 2.78. The van der Waals surface area contributed by atoms with E-state index in [1.54, 1.807) is 0 Å². The minimum Gasteiger partial charge on any atom is -0.321 e. The zero-order valence-electron chi connectivity index (χ0n) is 10.0. The molecule has 0 unspecified atom stereocenters. The largest absolute Gasteiger partial charge is 0.321 e. The number of hydrogen-bond donors (Lipinski definition) is 2. The van der Waals surface area contributed by atoms with Gasteiger partial charge in [0.1, 0.15) is 11.6 Å². The summed E-state index contributed by atoms with van der Waals surface area (Å²) in [5.74, 6) is -2.33. The SMILES string of the molecule is O=C1Nc2ccc(F)cc2C(=O)Nc2ccc(F)cc21. The van der Waals surface area contributed by atoms with Gasteiger partial charge in [-0.2, -0.15) is 0 Å². The standard InChI is InChI=1S/C14H8F2N2O2/c15-7-1-3-11-9(5-7)13(19)18-12-4-2-8(16)6-10(12)14(20)17-11/h1-6H,(H,17,20)(H,18,19). The first-order valence-corrected chi connectivity index (χ1v) is 5.76. The van der Waals surface area contributed by atoms with Gasteiger partial charge in [-0.3, -0.25) is 9.59 Å². The summed E-state index contributed by atoms with van der Waals surface area (Å²) in [7, 11) is 0. The third kappa shape index (κ3) is 2.01. The first-order chi connectivity index (χ1) is 9.54. The Hall–Kier alpha value is -2.76. The second-order valence-corrected chi connectivity index (χ2v) is 4.29. The number of rotatable bonds is 0. The molecule has 2 N–H and O–H groups in total. The van der Waals surface area contributed by atoms with E-state index in [9.17, 15) is 18.4 Å². The van der Waals surface area contributed by atoms with E-state index in [4.69, 9.17) is 0 Å². The summed E-state index contributed by atoms with van der Waals surface area (Å²) in [6, 6.07) is 6.87. The van der Waals surface area contributed by atoms with Crippen LogP contribution in [-0.4, -0.2) is 11.8 Å². The van der Waals surface area contributed by atoms with Crippen LogP contribution in [0.2, 0.25) is 0 Å². The highest BCUT2D eigenvalue weighted by atomic mass is 19.1. The van der Waals surface area contributed by atoms with E-state index in [2.05, 4.69) is 10.6 Å². The lowest BCUT2D eigenvalue weighted by atomic mass is 10.1. The van der Waals surface area contributed by atoms with Crippen LogP contribution >= 0.6 is 0 Å². The molecule has 2 amide bonds. The van der Waals surface area contributed by atoms with E-state index < -0.39 is 23.4 Å². The highest BCUT2D eigenvalue weighted by molar-refractivity contribution is 6.18. The Morgan fingerprint density at radius 3 is 1.50 bits per heavy atom.